The molecule has 5 heteroatoms. The molecule has 0 N–H and O–H groups in total. The van der Waals surface area contributed by atoms with E-state index in [2.05, 4.69) is 6.58 Å². The molecular formula is C15H18N2O3. The first kappa shape index (κ1) is 14.3. The van der Waals surface area contributed by atoms with Gasteiger partial charge in [0, 0.05) is 12.6 Å². The SMILES string of the molecule is C=C(C)C(=O)N1C(=O)O[C@@H](c2ccccc2)[C@H](C)N1C. The fraction of sp³-hybridized carbons (Fsp3) is 0.333. The monoisotopic (exact) mass is 274 g/mol. The van der Waals surface area contributed by atoms with Crippen LogP contribution in [0.1, 0.15) is 25.5 Å². The van der Waals surface area contributed by atoms with Crippen LogP contribution in [-0.2, 0) is 9.53 Å². The average molecular weight is 274 g/mol. The van der Waals surface area contributed by atoms with Crippen molar-refractivity contribution >= 4 is 12.0 Å². The van der Waals surface area contributed by atoms with Crippen molar-refractivity contribution in [2.75, 3.05) is 7.05 Å². The number of rotatable bonds is 2. The maximum Gasteiger partial charge on any atom is 0.432 e. The zero-order valence-electron chi connectivity index (χ0n) is 11.9. The highest BCUT2D eigenvalue weighted by Gasteiger charge is 2.41. The Balaban J connectivity index is 2.28. The summed E-state index contributed by atoms with van der Waals surface area (Å²) in [6.45, 7) is 7.05. The molecule has 2 amide bonds. The van der Waals surface area contributed by atoms with Gasteiger partial charge in [0.25, 0.3) is 5.91 Å². The highest BCUT2D eigenvalue weighted by Crippen LogP contribution is 2.30. The van der Waals surface area contributed by atoms with Gasteiger partial charge in [-0.1, -0.05) is 36.9 Å². The lowest BCUT2D eigenvalue weighted by molar-refractivity contribution is -0.158. The molecule has 0 unspecified atom stereocenters. The van der Waals surface area contributed by atoms with Crippen molar-refractivity contribution in [1.82, 2.24) is 10.0 Å². The Morgan fingerprint density at radius 3 is 2.45 bits per heavy atom. The van der Waals surface area contributed by atoms with Gasteiger partial charge in [0.05, 0.1) is 6.04 Å². The number of hydrogen-bond acceptors (Lipinski definition) is 4. The fourth-order valence-corrected chi connectivity index (χ4v) is 2.16. The molecule has 1 aromatic carbocycles. The summed E-state index contributed by atoms with van der Waals surface area (Å²) in [4.78, 5) is 24.1. The van der Waals surface area contributed by atoms with Crippen LogP contribution in [0.2, 0.25) is 0 Å². The molecule has 20 heavy (non-hydrogen) atoms. The molecule has 1 heterocycles. The first-order valence-corrected chi connectivity index (χ1v) is 6.41. The molecular weight excluding hydrogens is 256 g/mol. The zero-order chi connectivity index (χ0) is 14.9. The number of nitrogens with zero attached hydrogens (tertiary/aromatic N) is 2. The van der Waals surface area contributed by atoms with Crippen molar-refractivity contribution in [3.8, 4) is 0 Å². The predicted molar refractivity (Wildman–Crippen MR) is 74.5 cm³/mol. The standard InChI is InChI=1S/C15H18N2O3/c1-10(2)14(18)17-15(19)20-13(11(3)16(17)4)12-8-6-5-7-9-12/h5-9,11,13H,1H2,2-4H3/t11-,13+/m0/s1. The maximum atomic E-state index is 12.1. The van der Waals surface area contributed by atoms with E-state index in [1.807, 2.05) is 37.3 Å². The van der Waals surface area contributed by atoms with Crippen molar-refractivity contribution in [3.63, 3.8) is 0 Å². The van der Waals surface area contributed by atoms with Gasteiger partial charge >= 0.3 is 6.09 Å². The first-order chi connectivity index (χ1) is 9.43. The first-order valence-electron chi connectivity index (χ1n) is 6.41. The summed E-state index contributed by atoms with van der Waals surface area (Å²) in [7, 11) is 1.70. The Kier molecular flexibility index (Phi) is 3.90. The molecule has 0 bridgehead atoms. The van der Waals surface area contributed by atoms with Crippen LogP contribution < -0.4 is 0 Å². The van der Waals surface area contributed by atoms with Gasteiger partial charge in [-0.15, -0.1) is 0 Å². The second kappa shape index (κ2) is 5.46. The van der Waals surface area contributed by atoms with Crippen LogP contribution >= 0.6 is 0 Å². The van der Waals surface area contributed by atoms with Gasteiger partial charge in [-0.2, -0.15) is 5.01 Å². The number of carbonyl (C=O) groups is 2. The molecule has 1 aromatic rings. The van der Waals surface area contributed by atoms with Gasteiger partial charge in [0.2, 0.25) is 0 Å². The van der Waals surface area contributed by atoms with Crippen molar-refractivity contribution in [2.24, 2.45) is 0 Å². The number of amides is 2. The van der Waals surface area contributed by atoms with Crippen LogP contribution in [0.15, 0.2) is 42.5 Å². The van der Waals surface area contributed by atoms with Crippen LogP contribution in [-0.4, -0.2) is 35.1 Å². The summed E-state index contributed by atoms with van der Waals surface area (Å²) in [6.07, 6.45) is -1.07. The molecule has 0 aromatic heterocycles. The Morgan fingerprint density at radius 2 is 1.90 bits per heavy atom. The molecule has 5 nitrogen and oxygen atoms in total. The zero-order valence-corrected chi connectivity index (χ0v) is 11.9. The summed E-state index contributed by atoms with van der Waals surface area (Å²) < 4.78 is 5.42. The van der Waals surface area contributed by atoms with E-state index >= 15 is 0 Å². The molecule has 0 radical (unpaired) electrons. The fourth-order valence-electron chi connectivity index (χ4n) is 2.16. The Morgan fingerprint density at radius 1 is 1.30 bits per heavy atom. The Hall–Kier alpha value is -2.14. The van der Waals surface area contributed by atoms with Crippen LogP contribution in [0.4, 0.5) is 4.79 Å². The number of benzene rings is 1. The number of hydrazine groups is 1. The van der Waals surface area contributed by atoms with E-state index in [0.717, 1.165) is 10.6 Å². The number of cyclic esters (lactones) is 1. The van der Waals surface area contributed by atoms with Crippen LogP contribution in [0.3, 0.4) is 0 Å². The molecule has 2 atom stereocenters. The summed E-state index contributed by atoms with van der Waals surface area (Å²) in [5, 5.41) is 2.59. The van der Waals surface area contributed by atoms with Crippen LogP contribution in [0.25, 0.3) is 0 Å². The molecule has 2 rings (SSSR count). The number of hydrogen-bond donors (Lipinski definition) is 0. The molecule has 0 spiro atoms. The second-order valence-corrected chi connectivity index (χ2v) is 4.93. The largest absolute Gasteiger partial charge is 0.438 e. The van der Waals surface area contributed by atoms with Crippen LogP contribution in [0.5, 0.6) is 0 Å². The predicted octanol–water partition coefficient (Wildman–Crippen LogP) is 2.52. The minimum absolute atomic E-state index is 0.154. The van der Waals surface area contributed by atoms with E-state index < -0.39 is 18.1 Å². The smallest absolute Gasteiger partial charge is 0.432 e. The molecule has 1 saturated heterocycles. The molecule has 106 valence electrons. The van der Waals surface area contributed by atoms with Gasteiger partial charge in [-0.25, -0.2) is 9.80 Å². The van der Waals surface area contributed by atoms with E-state index in [1.54, 1.807) is 19.0 Å². The van der Waals surface area contributed by atoms with Crippen molar-refractivity contribution in [3.05, 3.63) is 48.0 Å². The van der Waals surface area contributed by atoms with Crippen LogP contribution in [0, 0.1) is 0 Å². The van der Waals surface area contributed by atoms with E-state index in [4.69, 9.17) is 4.74 Å². The Bertz CT molecular complexity index is 541. The third kappa shape index (κ3) is 2.44. The highest BCUT2D eigenvalue weighted by molar-refractivity contribution is 6.01. The van der Waals surface area contributed by atoms with Crippen molar-refractivity contribution in [1.29, 1.82) is 0 Å². The van der Waals surface area contributed by atoms with E-state index in [-0.39, 0.29) is 6.04 Å². The summed E-state index contributed by atoms with van der Waals surface area (Å²) in [5.74, 6) is -0.448. The molecule has 1 fully saturated rings. The molecule has 0 aliphatic carbocycles. The molecule has 1 aliphatic rings. The summed E-state index contributed by atoms with van der Waals surface area (Å²) in [5.41, 5.74) is 1.20. The number of imide groups is 1. The second-order valence-electron chi connectivity index (χ2n) is 4.93. The normalized spacial score (nSPS) is 23.4. The minimum Gasteiger partial charge on any atom is -0.438 e. The van der Waals surface area contributed by atoms with Gasteiger partial charge in [-0.05, 0) is 19.4 Å². The summed E-state index contributed by atoms with van der Waals surface area (Å²) >= 11 is 0. The number of likely N-dealkylation sites (N-methyl/N-ethyl adjacent to an activating group) is 1. The topological polar surface area (TPSA) is 49.9 Å². The molecule has 0 saturated carbocycles. The van der Waals surface area contributed by atoms with Gasteiger partial charge in [-0.3, -0.25) is 4.79 Å². The van der Waals surface area contributed by atoms with E-state index in [9.17, 15) is 9.59 Å². The number of carbonyl (C=O) groups excluding carboxylic acids is 2. The maximum absolute atomic E-state index is 12.1. The Labute approximate surface area is 118 Å². The number of ether oxygens (including phenoxy) is 1. The lowest BCUT2D eigenvalue weighted by Crippen LogP contribution is -2.58. The quantitative estimate of drug-likeness (QED) is 0.778. The third-order valence-electron chi connectivity index (χ3n) is 3.43. The van der Waals surface area contributed by atoms with Gasteiger partial charge in [0.1, 0.15) is 6.10 Å². The minimum atomic E-state index is -0.674. The van der Waals surface area contributed by atoms with Gasteiger partial charge in [0.15, 0.2) is 0 Å². The average Bonchev–Trinajstić information content (AvgIpc) is 2.43. The van der Waals surface area contributed by atoms with Crippen molar-refractivity contribution in [2.45, 2.75) is 26.0 Å². The lowest BCUT2D eigenvalue weighted by atomic mass is 10.0. The summed E-state index contributed by atoms with van der Waals surface area (Å²) in [6, 6.07) is 9.33. The van der Waals surface area contributed by atoms with Crippen molar-refractivity contribution < 1.29 is 14.3 Å². The lowest BCUT2D eigenvalue weighted by Gasteiger charge is -2.42. The van der Waals surface area contributed by atoms with E-state index in [1.165, 1.54) is 0 Å². The van der Waals surface area contributed by atoms with Gasteiger partial charge < -0.3 is 4.74 Å². The highest BCUT2D eigenvalue weighted by atomic mass is 16.6. The third-order valence-corrected chi connectivity index (χ3v) is 3.43. The molecule has 1 aliphatic heterocycles. The van der Waals surface area contributed by atoms with E-state index in [0.29, 0.717) is 5.57 Å².